The molecule has 0 saturated heterocycles. The zero-order chi connectivity index (χ0) is 9.72. The van der Waals surface area contributed by atoms with Gasteiger partial charge in [0.2, 0.25) is 0 Å². The molecule has 0 aliphatic rings. The first kappa shape index (κ1) is 10.9. The van der Waals surface area contributed by atoms with Crippen molar-refractivity contribution < 1.29 is 19.8 Å². The molecule has 5 nitrogen and oxygen atoms in total. The minimum atomic E-state index is -0.977. The van der Waals surface area contributed by atoms with Gasteiger partial charge in [-0.1, -0.05) is 0 Å². The van der Waals surface area contributed by atoms with Crippen LogP contribution in [0.25, 0.3) is 0 Å². The first-order valence-corrected chi connectivity index (χ1v) is 3.53. The minimum absolute atomic E-state index is 0.140. The second-order valence-electron chi connectivity index (χ2n) is 2.81. The molecule has 0 aromatic carbocycles. The Balaban J connectivity index is 4.04. The third-order valence-electron chi connectivity index (χ3n) is 1.55. The molecule has 0 saturated carbocycles. The van der Waals surface area contributed by atoms with Crippen LogP contribution in [-0.4, -0.2) is 47.2 Å². The summed E-state index contributed by atoms with van der Waals surface area (Å²) in [5.41, 5.74) is 0. The van der Waals surface area contributed by atoms with E-state index in [1.807, 2.05) is 0 Å². The maximum absolute atomic E-state index is 10.3. The van der Waals surface area contributed by atoms with E-state index in [-0.39, 0.29) is 12.8 Å². The standard InChI is InChI=1S/C7H13NO4/c1-8(2)5(3-6(9)10)4-7(11)12/h5H,3-4H2,1-2H3,(H,9,10)(H,11,12). The zero-order valence-electron chi connectivity index (χ0n) is 7.15. The first-order valence-electron chi connectivity index (χ1n) is 3.53. The van der Waals surface area contributed by atoms with Crippen molar-refractivity contribution in [1.29, 1.82) is 0 Å². The molecule has 0 atom stereocenters. The van der Waals surface area contributed by atoms with Crippen LogP contribution in [0.15, 0.2) is 0 Å². The number of aliphatic carboxylic acids is 2. The second-order valence-corrected chi connectivity index (χ2v) is 2.81. The Labute approximate surface area is 70.6 Å². The largest absolute Gasteiger partial charge is 0.481 e. The molecule has 0 spiro atoms. The summed E-state index contributed by atoms with van der Waals surface area (Å²) in [5.74, 6) is -1.95. The highest BCUT2D eigenvalue weighted by Crippen LogP contribution is 2.04. The normalized spacial score (nSPS) is 10.7. The van der Waals surface area contributed by atoms with Gasteiger partial charge in [-0.15, -0.1) is 0 Å². The molecule has 2 N–H and O–H groups in total. The molecule has 0 fully saturated rings. The fraction of sp³-hybridized carbons (Fsp3) is 0.714. The van der Waals surface area contributed by atoms with Crippen LogP contribution in [0.3, 0.4) is 0 Å². The second kappa shape index (κ2) is 4.71. The van der Waals surface area contributed by atoms with E-state index in [0.29, 0.717) is 0 Å². The lowest BCUT2D eigenvalue weighted by Gasteiger charge is -2.20. The lowest BCUT2D eigenvalue weighted by molar-refractivity contribution is -0.140. The summed E-state index contributed by atoms with van der Waals surface area (Å²) in [6.07, 6.45) is -0.279. The molecule has 0 bridgehead atoms. The number of carboxylic acid groups (broad SMARTS) is 2. The molecule has 0 rings (SSSR count). The van der Waals surface area contributed by atoms with Crippen molar-refractivity contribution in [3.63, 3.8) is 0 Å². The quantitative estimate of drug-likeness (QED) is 0.608. The smallest absolute Gasteiger partial charge is 0.304 e. The molecule has 0 radical (unpaired) electrons. The highest BCUT2D eigenvalue weighted by atomic mass is 16.4. The van der Waals surface area contributed by atoms with E-state index in [0.717, 1.165) is 0 Å². The van der Waals surface area contributed by atoms with Crippen LogP contribution >= 0.6 is 0 Å². The van der Waals surface area contributed by atoms with E-state index in [9.17, 15) is 9.59 Å². The van der Waals surface area contributed by atoms with Gasteiger partial charge in [0.1, 0.15) is 0 Å². The van der Waals surface area contributed by atoms with Gasteiger partial charge in [-0.2, -0.15) is 0 Å². The van der Waals surface area contributed by atoms with Gasteiger partial charge in [0.25, 0.3) is 0 Å². The van der Waals surface area contributed by atoms with Crippen molar-refractivity contribution in [2.75, 3.05) is 14.1 Å². The minimum Gasteiger partial charge on any atom is -0.481 e. The highest BCUT2D eigenvalue weighted by Gasteiger charge is 2.18. The van der Waals surface area contributed by atoms with Crippen molar-refractivity contribution in [3.05, 3.63) is 0 Å². The monoisotopic (exact) mass is 175 g/mol. The Hall–Kier alpha value is -1.10. The molecule has 0 amide bonds. The van der Waals surface area contributed by atoms with Gasteiger partial charge >= 0.3 is 11.9 Å². The third-order valence-corrected chi connectivity index (χ3v) is 1.55. The van der Waals surface area contributed by atoms with Gasteiger partial charge in [-0.05, 0) is 14.1 Å². The molecule has 70 valence electrons. The van der Waals surface area contributed by atoms with Gasteiger partial charge in [-0.25, -0.2) is 0 Å². The predicted octanol–water partition coefficient (Wildman–Crippen LogP) is -0.134. The van der Waals surface area contributed by atoms with Crippen molar-refractivity contribution in [2.45, 2.75) is 18.9 Å². The van der Waals surface area contributed by atoms with Crippen LogP contribution in [-0.2, 0) is 9.59 Å². The van der Waals surface area contributed by atoms with Gasteiger partial charge in [-0.3, -0.25) is 9.59 Å². The van der Waals surface area contributed by atoms with Crippen molar-refractivity contribution in [3.8, 4) is 0 Å². The molecular weight excluding hydrogens is 162 g/mol. The lowest BCUT2D eigenvalue weighted by Crippen LogP contribution is -2.32. The Morgan fingerprint density at radius 2 is 1.50 bits per heavy atom. The average Bonchev–Trinajstić information content (AvgIpc) is 1.83. The van der Waals surface area contributed by atoms with Crippen molar-refractivity contribution >= 4 is 11.9 Å². The first-order chi connectivity index (χ1) is 5.43. The maximum Gasteiger partial charge on any atom is 0.304 e. The van der Waals surface area contributed by atoms with Crippen molar-refractivity contribution in [1.82, 2.24) is 4.90 Å². The Morgan fingerprint density at radius 3 is 1.67 bits per heavy atom. The molecule has 0 aromatic rings. The van der Waals surface area contributed by atoms with Gasteiger partial charge in [0.15, 0.2) is 0 Å². The third kappa shape index (κ3) is 4.68. The van der Waals surface area contributed by atoms with Gasteiger partial charge in [0, 0.05) is 6.04 Å². The van der Waals surface area contributed by atoms with E-state index in [2.05, 4.69) is 0 Å². The topological polar surface area (TPSA) is 77.8 Å². The molecular formula is C7H13NO4. The summed E-state index contributed by atoms with van der Waals surface area (Å²) in [6.45, 7) is 0. The summed E-state index contributed by atoms with van der Waals surface area (Å²) in [6, 6.07) is -0.431. The van der Waals surface area contributed by atoms with Crippen LogP contribution in [0.4, 0.5) is 0 Å². The summed E-state index contributed by atoms with van der Waals surface area (Å²) < 4.78 is 0. The number of rotatable bonds is 5. The number of hydrogen-bond acceptors (Lipinski definition) is 3. The van der Waals surface area contributed by atoms with Crippen LogP contribution in [0.1, 0.15) is 12.8 Å². The molecule has 0 aliphatic heterocycles. The number of carbonyl (C=O) groups is 2. The van der Waals surface area contributed by atoms with Crippen LogP contribution < -0.4 is 0 Å². The fourth-order valence-electron chi connectivity index (χ4n) is 0.840. The molecule has 5 heteroatoms. The highest BCUT2D eigenvalue weighted by molar-refractivity contribution is 5.71. The summed E-state index contributed by atoms with van der Waals surface area (Å²) >= 11 is 0. The van der Waals surface area contributed by atoms with E-state index in [1.165, 1.54) is 0 Å². The van der Waals surface area contributed by atoms with E-state index < -0.39 is 18.0 Å². The van der Waals surface area contributed by atoms with E-state index in [4.69, 9.17) is 10.2 Å². The van der Waals surface area contributed by atoms with E-state index >= 15 is 0 Å². The molecule has 0 aromatic heterocycles. The molecule has 0 unspecified atom stereocenters. The maximum atomic E-state index is 10.3. The van der Waals surface area contributed by atoms with Crippen LogP contribution in [0.2, 0.25) is 0 Å². The molecule has 0 aliphatic carbocycles. The lowest BCUT2D eigenvalue weighted by atomic mass is 10.1. The number of hydrogen-bond donors (Lipinski definition) is 2. The SMILES string of the molecule is CN(C)C(CC(=O)O)CC(=O)O. The molecule has 0 heterocycles. The Kier molecular flexibility index (Phi) is 4.28. The summed E-state index contributed by atoms with van der Waals surface area (Å²) in [5, 5.41) is 16.9. The Bertz CT molecular complexity index is 162. The molecule has 12 heavy (non-hydrogen) atoms. The zero-order valence-corrected chi connectivity index (χ0v) is 7.15. The summed E-state index contributed by atoms with van der Waals surface area (Å²) in [7, 11) is 3.33. The predicted molar refractivity (Wildman–Crippen MR) is 42.0 cm³/mol. The van der Waals surface area contributed by atoms with Crippen molar-refractivity contribution in [2.24, 2.45) is 0 Å². The van der Waals surface area contributed by atoms with Crippen LogP contribution in [0.5, 0.6) is 0 Å². The fourth-order valence-corrected chi connectivity index (χ4v) is 0.840. The van der Waals surface area contributed by atoms with E-state index in [1.54, 1.807) is 19.0 Å². The van der Waals surface area contributed by atoms with Gasteiger partial charge in [0.05, 0.1) is 12.8 Å². The summed E-state index contributed by atoms with van der Waals surface area (Å²) in [4.78, 5) is 22.2. The number of carboxylic acids is 2. The number of nitrogens with zero attached hydrogens (tertiary/aromatic N) is 1. The van der Waals surface area contributed by atoms with Crippen LogP contribution in [0, 0.1) is 0 Å². The Morgan fingerprint density at radius 1 is 1.17 bits per heavy atom. The average molecular weight is 175 g/mol. The van der Waals surface area contributed by atoms with Gasteiger partial charge < -0.3 is 15.1 Å².